The fraction of sp³-hybridized carbons (Fsp3) is 0.333. The van der Waals surface area contributed by atoms with Gasteiger partial charge in [-0.3, -0.25) is 0 Å². The molecule has 0 atom stereocenters. The minimum atomic E-state index is -0.347. The van der Waals surface area contributed by atoms with Crippen molar-refractivity contribution in [1.29, 1.82) is 0 Å². The van der Waals surface area contributed by atoms with Gasteiger partial charge in [-0.05, 0) is 20.8 Å². The van der Waals surface area contributed by atoms with Crippen LogP contribution in [0.2, 0.25) is 0 Å². The molecule has 4 heteroatoms. The van der Waals surface area contributed by atoms with Crippen molar-refractivity contribution in [3.8, 4) is 0 Å². The number of hydrogen-bond donors (Lipinski definition) is 0. The van der Waals surface area contributed by atoms with E-state index in [-0.39, 0.29) is 11.9 Å². The zero-order valence-corrected chi connectivity index (χ0v) is 12.5. The Labute approximate surface area is 116 Å². The summed E-state index contributed by atoms with van der Waals surface area (Å²) < 4.78 is 8.55. The second kappa shape index (κ2) is 14.0. The molecular formula is C15H24O4. The van der Waals surface area contributed by atoms with Gasteiger partial charge in [-0.2, -0.15) is 0 Å². The molecule has 0 aromatic carbocycles. The van der Waals surface area contributed by atoms with Crippen LogP contribution >= 0.6 is 0 Å². The lowest BCUT2D eigenvalue weighted by Crippen LogP contribution is -1.98. The highest BCUT2D eigenvalue weighted by atomic mass is 16.5. The number of ether oxygens (including phenoxy) is 2. The average Bonchev–Trinajstić information content (AvgIpc) is 2.37. The van der Waals surface area contributed by atoms with Gasteiger partial charge in [0, 0.05) is 11.1 Å². The highest BCUT2D eigenvalue weighted by molar-refractivity contribution is 5.87. The van der Waals surface area contributed by atoms with Crippen molar-refractivity contribution in [2.45, 2.75) is 20.8 Å². The predicted molar refractivity (Wildman–Crippen MR) is 78.7 cm³/mol. The molecule has 0 saturated carbocycles. The molecule has 0 unspecified atom stereocenters. The van der Waals surface area contributed by atoms with E-state index in [0.29, 0.717) is 11.1 Å². The Kier molecular flexibility index (Phi) is 16.3. The van der Waals surface area contributed by atoms with E-state index in [4.69, 9.17) is 0 Å². The first kappa shape index (κ1) is 22.1. The lowest BCUT2D eigenvalue weighted by molar-refractivity contribution is -0.136. The lowest BCUT2D eigenvalue weighted by atomic mass is 10.4. The first-order valence-corrected chi connectivity index (χ1v) is 5.39. The predicted octanol–water partition coefficient (Wildman–Crippen LogP) is 3.22. The molecule has 0 heterocycles. The topological polar surface area (TPSA) is 52.6 Å². The smallest absolute Gasteiger partial charge is 0.332 e. The molecule has 0 amide bonds. The van der Waals surface area contributed by atoms with Gasteiger partial charge in [-0.15, -0.1) is 0 Å². The minimum Gasteiger partial charge on any atom is -0.466 e. The van der Waals surface area contributed by atoms with E-state index in [1.165, 1.54) is 14.2 Å². The number of methoxy groups -OCH3 is 2. The standard InChI is InChI=1S/2C5H8O2.C5H8/c2*1-4(2)5(6)7-3;1-4-5(2)3/h2*1H2,2-3H3;4H,1-2H2,3H3. The Balaban J connectivity index is -0.000000206. The van der Waals surface area contributed by atoms with Crippen molar-refractivity contribution < 1.29 is 19.1 Å². The van der Waals surface area contributed by atoms with Crippen LogP contribution in [0.5, 0.6) is 0 Å². The molecule has 0 fully saturated rings. The summed E-state index contributed by atoms with van der Waals surface area (Å²) >= 11 is 0. The van der Waals surface area contributed by atoms with Crippen molar-refractivity contribution in [2.75, 3.05) is 14.2 Å². The Morgan fingerprint density at radius 3 is 1.05 bits per heavy atom. The summed E-state index contributed by atoms with van der Waals surface area (Å²) in [6.45, 7) is 18.8. The molecule has 108 valence electrons. The third kappa shape index (κ3) is 21.7. The van der Waals surface area contributed by atoms with Gasteiger partial charge in [0.1, 0.15) is 0 Å². The number of allylic oxidation sites excluding steroid dienone is 2. The van der Waals surface area contributed by atoms with Crippen LogP contribution in [0.15, 0.2) is 49.1 Å². The SMILES string of the molecule is C=C(C)C(=O)OC.C=C(C)C(=O)OC.C=CC(=C)C. The number of carbonyl (C=O) groups excluding carboxylic acids is 2. The van der Waals surface area contributed by atoms with Gasteiger partial charge >= 0.3 is 11.9 Å². The van der Waals surface area contributed by atoms with E-state index in [0.717, 1.165) is 5.57 Å². The molecule has 0 aromatic heterocycles. The molecule has 0 saturated heterocycles. The molecule has 0 spiro atoms. The highest BCUT2D eigenvalue weighted by Crippen LogP contribution is 1.87. The first-order valence-electron chi connectivity index (χ1n) is 5.39. The van der Waals surface area contributed by atoms with Crippen LogP contribution < -0.4 is 0 Å². The molecule has 19 heavy (non-hydrogen) atoms. The molecule has 0 aromatic rings. The normalized spacial score (nSPS) is 7.42. The van der Waals surface area contributed by atoms with Gasteiger partial charge in [0.25, 0.3) is 0 Å². The van der Waals surface area contributed by atoms with Gasteiger partial charge < -0.3 is 9.47 Å². The van der Waals surface area contributed by atoms with E-state index >= 15 is 0 Å². The fourth-order valence-electron chi connectivity index (χ4n) is 0.348. The lowest BCUT2D eigenvalue weighted by Gasteiger charge is -1.91. The van der Waals surface area contributed by atoms with Crippen molar-refractivity contribution in [1.82, 2.24) is 0 Å². The highest BCUT2D eigenvalue weighted by Gasteiger charge is 1.96. The van der Waals surface area contributed by atoms with Gasteiger partial charge in [-0.25, -0.2) is 9.59 Å². The second-order valence-corrected chi connectivity index (χ2v) is 3.59. The molecule has 0 aliphatic rings. The molecule has 0 radical (unpaired) electrons. The fourth-order valence-corrected chi connectivity index (χ4v) is 0.348. The second-order valence-electron chi connectivity index (χ2n) is 3.59. The van der Waals surface area contributed by atoms with E-state index in [1.807, 2.05) is 6.92 Å². The summed E-state index contributed by atoms with van der Waals surface area (Å²) in [6, 6.07) is 0. The van der Waals surface area contributed by atoms with Gasteiger partial charge in [-0.1, -0.05) is 38.0 Å². The Bertz CT molecular complexity index is 325. The zero-order valence-electron chi connectivity index (χ0n) is 12.5. The monoisotopic (exact) mass is 268 g/mol. The molecule has 0 aliphatic heterocycles. The quantitative estimate of drug-likeness (QED) is 0.448. The van der Waals surface area contributed by atoms with Crippen LogP contribution in [0, 0.1) is 0 Å². The van der Waals surface area contributed by atoms with Crippen molar-refractivity contribution in [2.24, 2.45) is 0 Å². The average molecular weight is 268 g/mol. The molecule has 0 aliphatic carbocycles. The maximum Gasteiger partial charge on any atom is 0.332 e. The van der Waals surface area contributed by atoms with Crippen LogP contribution in [0.4, 0.5) is 0 Å². The Morgan fingerprint density at radius 2 is 1.05 bits per heavy atom. The number of carbonyl (C=O) groups is 2. The molecular weight excluding hydrogens is 244 g/mol. The molecule has 0 N–H and O–H groups in total. The van der Waals surface area contributed by atoms with Gasteiger partial charge in [0.05, 0.1) is 14.2 Å². The maximum absolute atomic E-state index is 10.2. The third-order valence-corrected chi connectivity index (χ3v) is 1.42. The van der Waals surface area contributed by atoms with E-state index < -0.39 is 0 Å². The van der Waals surface area contributed by atoms with Crippen LogP contribution in [-0.4, -0.2) is 26.2 Å². The molecule has 0 bridgehead atoms. The van der Waals surface area contributed by atoms with Crippen LogP contribution in [0.25, 0.3) is 0 Å². The minimum absolute atomic E-state index is 0.347. The van der Waals surface area contributed by atoms with Crippen LogP contribution in [0.1, 0.15) is 20.8 Å². The summed E-state index contributed by atoms with van der Waals surface area (Å²) in [6.07, 6.45) is 1.72. The van der Waals surface area contributed by atoms with Crippen LogP contribution in [0.3, 0.4) is 0 Å². The third-order valence-electron chi connectivity index (χ3n) is 1.42. The maximum atomic E-state index is 10.2. The summed E-state index contributed by atoms with van der Waals surface area (Å²) in [5.74, 6) is -0.694. The Morgan fingerprint density at radius 1 is 0.842 bits per heavy atom. The van der Waals surface area contributed by atoms with Gasteiger partial charge in [0.15, 0.2) is 0 Å². The van der Waals surface area contributed by atoms with E-state index in [1.54, 1.807) is 19.9 Å². The summed E-state index contributed by atoms with van der Waals surface area (Å²) in [4.78, 5) is 20.4. The number of esters is 2. The summed E-state index contributed by atoms with van der Waals surface area (Å²) in [7, 11) is 2.66. The van der Waals surface area contributed by atoms with E-state index in [9.17, 15) is 9.59 Å². The summed E-state index contributed by atoms with van der Waals surface area (Å²) in [5, 5.41) is 0. The largest absolute Gasteiger partial charge is 0.466 e. The first-order chi connectivity index (χ1) is 8.63. The zero-order chi connectivity index (χ0) is 16.0. The number of rotatable bonds is 3. The van der Waals surface area contributed by atoms with Crippen LogP contribution in [-0.2, 0) is 19.1 Å². The van der Waals surface area contributed by atoms with Crippen molar-refractivity contribution in [3.05, 3.63) is 49.1 Å². The van der Waals surface area contributed by atoms with Crippen molar-refractivity contribution >= 4 is 11.9 Å². The number of hydrogen-bond acceptors (Lipinski definition) is 4. The molecule has 4 nitrogen and oxygen atoms in total. The summed E-state index contributed by atoms with van der Waals surface area (Å²) in [5.41, 5.74) is 1.88. The van der Waals surface area contributed by atoms with E-state index in [2.05, 4.69) is 35.8 Å². The molecule has 0 rings (SSSR count). The van der Waals surface area contributed by atoms with Crippen molar-refractivity contribution in [3.63, 3.8) is 0 Å². The Hall–Kier alpha value is -2.10. The van der Waals surface area contributed by atoms with Gasteiger partial charge in [0.2, 0.25) is 0 Å².